The van der Waals surface area contributed by atoms with Crippen LogP contribution in [0, 0.1) is 0 Å². The van der Waals surface area contributed by atoms with Gasteiger partial charge in [-0.05, 0) is 24.1 Å². The lowest BCUT2D eigenvalue weighted by Crippen LogP contribution is -2.21. The van der Waals surface area contributed by atoms with Crippen molar-refractivity contribution in [2.24, 2.45) is 0 Å². The third-order valence-corrected chi connectivity index (χ3v) is 3.33. The summed E-state index contributed by atoms with van der Waals surface area (Å²) in [7, 11) is 0. The minimum Gasteiger partial charge on any atom is -0.342 e. The number of aromatic nitrogens is 2. The second-order valence-electron chi connectivity index (χ2n) is 4.47. The quantitative estimate of drug-likeness (QED) is 0.851. The van der Waals surface area contributed by atoms with E-state index in [-0.39, 0.29) is 10.7 Å². The summed E-state index contributed by atoms with van der Waals surface area (Å²) < 4.78 is 38.1. The number of aromatic amines is 1. The molecule has 2 rings (SSSR count). The van der Waals surface area contributed by atoms with E-state index >= 15 is 0 Å². The van der Waals surface area contributed by atoms with E-state index in [2.05, 4.69) is 15.3 Å². The lowest BCUT2D eigenvalue weighted by atomic mass is 10.1. The van der Waals surface area contributed by atoms with Gasteiger partial charge in [0.25, 0.3) is 5.56 Å². The average Bonchev–Trinajstić information content (AvgIpc) is 2.48. The van der Waals surface area contributed by atoms with Crippen LogP contribution in [0.1, 0.15) is 23.6 Å². The van der Waals surface area contributed by atoms with E-state index in [1.54, 1.807) is 12.3 Å². The Kier molecular flexibility index (Phi) is 4.60. The van der Waals surface area contributed by atoms with Crippen LogP contribution in [0.5, 0.6) is 0 Å². The Hall–Kier alpha value is -2.22. The van der Waals surface area contributed by atoms with E-state index in [0.29, 0.717) is 18.2 Å². The molecular weight excluding hydrogens is 315 g/mol. The standard InChI is InChI=1S/C14H12F3N3OS/c1-2-8-6-18-4-3-10(8)13(22)20-11-5-9(14(15,16)17)7-19-12(11)21/h3-7H,2H2,1H3,(H,19,21)(H,20,22). The van der Waals surface area contributed by atoms with Crippen molar-refractivity contribution in [2.45, 2.75) is 19.5 Å². The minimum atomic E-state index is -4.55. The topological polar surface area (TPSA) is 57.8 Å². The first-order valence-electron chi connectivity index (χ1n) is 6.37. The van der Waals surface area contributed by atoms with Gasteiger partial charge in [-0.25, -0.2) is 0 Å². The van der Waals surface area contributed by atoms with Crippen LogP contribution < -0.4 is 10.9 Å². The number of H-pyrrole nitrogens is 1. The molecule has 0 saturated carbocycles. The van der Waals surface area contributed by atoms with E-state index in [0.717, 1.165) is 11.6 Å². The highest BCUT2D eigenvalue weighted by Crippen LogP contribution is 2.29. The molecule has 0 fully saturated rings. The van der Waals surface area contributed by atoms with Crippen molar-refractivity contribution in [1.29, 1.82) is 0 Å². The van der Waals surface area contributed by atoms with Crippen LogP contribution in [0.3, 0.4) is 0 Å². The summed E-state index contributed by atoms with van der Waals surface area (Å²) in [6.45, 7) is 1.90. The van der Waals surface area contributed by atoms with Crippen molar-refractivity contribution < 1.29 is 13.2 Å². The molecule has 2 aromatic heterocycles. The van der Waals surface area contributed by atoms with E-state index < -0.39 is 17.3 Å². The number of rotatable bonds is 3. The van der Waals surface area contributed by atoms with Gasteiger partial charge >= 0.3 is 6.18 Å². The Labute approximate surface area is 129 Å². The zero-order valence-electron chi connectivity index (χ0n) is 11.5. The smallest absolute Gasteiger partial charge is 0.342 e. The second kappa shape index (κ2) is 6.27. The van der Waals surface area contributed by atoms with Gasteiger partial charge < -0.3 is 10.3 Å². The van der Waals surface area contributed by atoms with Gasteiger partial charge in [-0.3, -0.25) is 9.78 Å². The SMILES string of the molecule is CCc1cnccc1C(=S)Nc1cc(C(F)(F)F)c[nH]c1=O. The normalized spacial score (nSPS) is 11.3. The first-order chi connectivity index (χ1) is 10.3. The van der Waals surface area contributed by atoms with Crippen LogP contribution in [0.15, 0.2) is 35.5 Å². The van der Waals surface area contributed by atoms with Crippen LogP contribution in [0.2, 0.25) is 0 Å². The Balaban J connectivity index is 2.34. The monoisotopic (exact) mass is 327 g/mol. The molecule has 0 amide bonds. The van der Waals surface area contributed by atoms with Crippen LogP contribution in [-0.2, 0) is 12.6 Å². The van der Waals surface area contributed by atoms with Crippen molar-refractivity contribution in [3.05, 3.63) is 57.8 Å². The summed E-state index contributed by atoms with van der Waals surface area (Å²) in [5.41, 5.74) is -0.420. The van der Waals surface area contributed by atoms with Gasteiger partial charge in [0.15, 0.2) is 0 Å². The lowest BCUT2D eigenvalue weighted by molar-refractivity contribution is -0.137. The molecule has 0 aliphatic heterocycles. The van der Waals surface area contributed by atoms with Crippen LogP contribution in [-0.4, -0.2) is 15.0 Å². The highest BCUT2D eigenvalue weighted by Gasteiger charge is 2.31. The summed E-state index contributed by atoms with van der Waals surface area (Å²) in [6.07, 6.45) is -0.115. The van der Waals surface area contributed by atoms with Crippen LogP contribution in [0.4, 0.5) is 18.9 Å². The molecule has 0 atom stereocenters. The number of hydrogen-bond acceptors (Lipinski definition) is 3. The summed E-state index contributed by atoms with van der Waals surface area (Å²) >= 11 is 5.18. The summed E-state index contributed by atoms with van der Waals surface area (Å²) in [5, 5.41) is 2.57. The molecule has 2 heterocycles. The molecular formula is C14H12F3N3OS. The Morgan fingerprint density at radius 2 is 2.18 bits per heavy atom. The number of nitrogens with zero attached hydrogens (tertiary/aromatic N) is 1. The molecule has 2 N–H and O–H groups in total. The predicted octanol–water partition coefficient (Wildman–Crippen LogP) is 3.14. The van der Waals surface area contributed by atoms with Crippen molar-refractivity contribution in [3.63, 3.8) is 0 Å². The Bertz CT molecular complexity index is 755. The lowest BCUT2D eigenvalue weighted by Gasteiger charge is -2.12. The molecule has 0 radical (unpaired) electrons. The highest BCUT2D eigenvalue weighted by molar-refractivity contribution is 7.81. The van der Waals surface area contributed by atoms with Gasteiger partial charge in [0, 0.05) is 24.2 Å². The van der Waals surface area contributed by atoms with Crippen LogP contribution >= 0.6 is 12.2 Å². The number of anilines is 1. The van der Waals surface area contributed by atoms with Crippen molar-refractivity contribution in [1.82, 2.24) is 9.97 Å². The highest BCUT2D eigenvalue weighted by atomic mass is 32.1. The molecule has 0 spiro atoms. The maximum Gasteiger partial charge on any atom is 0.417 e. The van der Waals surface area contributed by atoms with Crippen molar-refractivity contribution in [3.8, 4) is 0 Å². The van der Waals surface area contributed by atoms with Gasteiger partial charge in [0.05, 0.1) is 5.56 Å². The largest absolute Gasteiger partial charge is 0.417 e. The number of halogens is 3. The van der Waals surface area contributed by atoms with E-state index in [4.69, 9.17) is 12.2 Å². The first-order valence-corrected chi connectivity index (χ1v) is 6.78. The molecule has 0 aromatic carbocycles. The number of aryl methyl sites for hydroxylation is 1. The maximum atomic E-state index is 12.7. The van der Waals surface area contributed by atoms with Gasteiger partial charge in [-0.1, -0.05) is 19.1 Å². The number of thiocarbonyl (C=S) groups is 1. The summed E-state index contributed by atoms with van der Waals surface area (Å²) in [4.78, 5) is 17.8. The number of nitrogens with one attached hydrogen (secondary N) is 2. The zero-order chi connectivity index (χ0) is 16.3. The van der Waals surface area contributed by atoms with Gasteiger partial charge in [-0.15, -0.1) is 0 Å². The minimum absolute atomic E-state index is 0.170. The molecule has 0 unspecified atom stereocenters. The van der Waals surface area contributed by atoms with Gasteiger partial charge in [0.1, 0.15) is 10.7 Å². The van der Waals surface area contributed by atoms with Crippen LogP contribution in [0.25, 0.3) is 0 Å². The predicted molar refractivity (Wildman–Crippen MR) is 81.0 cm³/mol. The summed E-state index contributed by atoms with van der Waals surface area (Å²) in [6, 6.07) is 2.38. The van der Waals surface area contributed by atoms with Gasteiger partial charge in [0.2, 0.25) is 0 Å². The maximum absolute atomic E-state index is 12.7. The molecule has 2 aromatic rings. The molecule has 0 bridgehead atoms. The fourth-order valence-electron chi connectivity index (χ4n) is 1.86. The molecule has 0 aliphatic carbocycles. The molecule has 22 heavy (non-hydrogen) atoms. The molecule has 4 nitrogen and oxygen atoms in total. The molecule has 116 valence electrons. The van der Waals surface area contributed by atoms with E-state index in [1.807, 2.05) is 6.92 Å². The third-order valence-electron chi connectivity index (χ3n) is 3.01. The Morgan fingerprint density at radius 3 is 2.82 bits per heavy atom. The fraction of sp³-hybridized carbons (Fsp3) is 0.214. The second-order valence-corrected chi connectivity index (χ2v) is 4.88. The number of alkyl halides is 3. The fourth-order valence-corrected chi connectivity index (χ4v) is 2.17. The van der Waals surface area contributed by atoms with Gasteiger partial charge in [-0.2, -0.15) is 13.2 Å². The first kappa shape index (κ1) is 16.2. The number of pyridine rings is 2. The Morgan fingerprint density at radius 1 is 1.45 bits per heavy atom. The zero-order valence-corrected chi connectivity index (χ0v) is 12.3. The molecule has 0 aliphatic rings. The van der Waals surface area contributed by atoms with Crippen molar-refractivity contribution >= 4 is 22.9 Å². The molecule has 0 saturated heterocycles. The third kappa shape index (κ3) is 3.51. The number of hydrogen-bond donors (Lipinski definition) is 2. The average molecular weight is 327 g/mol. The van der Waals surface area contributed by atoms with Crippen molar-refractivity contribution in [2.75, 3.05) is 5.32 Å². The van der Waals surface area contributed by atoms with E-state index in [9.17, 15) is 18.0 Å². The van der Waals surface area contributed by atoms with E-state index in [1.165, 1.54) is 6.20 Å². The molecule has 8 heteroatoms. The summed E-state index contributed by atoms with van der Waals surface area (Å²) in [5.74, 6) is 0.